The smallest absolute Gasteiger partial charge is 0.244 e. The molecule has 4 rings (SSSR count). The van der Waals surface area contributed by atoms with Crippen molar-refractivity contribution in [3.8, 4) is 11.4 Å². The summed E-state index contributed by atoms with van der Waals surface area (Å²) in [7, 11) is -3.60. The Morgan fingerprint density at radius 1 is 1.07 bits per heavy atom. The summed E-state index contributed by atoms with van der Waals surface area (Å²) in [6, 6.07) is 14.4. The number of aryl methyl sites for hydroxylation is 1. The van der Waals surface area contributed by atoms with Gasteiger partial charge in [-0.2, -0.15) is 9.29 Å². The topological polar surface area (TPSA) is 79.5 Å². The van der Waals surface area contributed by atoms with E-state index in [2.05, 4.69) is 15.0 Å². The maximum atomic E-state index is 12.8. The summed E-state index contributed by atoms with van der Waals surface area (Å²) in [5.41, 5.74) is 2.04. The van der Waals surface area contributed by atoms with Gasteiger partial charge in [0.05, 0.1) is 11.6 Å². The molecule has 1 saturated heterocycles. The van der Waals surface area contributed by atoms with Crippen LogP contribution in [0, 0.1) is 6.92 Å². The Morgan fingerprint density at radius 2 is 1.83 bits per heavy atom. The van der Waals surface area contributed by atoms with E-state index in [0.717, 1.165) is 11.1 Å². The van der Waals surface area contributed by atoms with Crippen molar-refractivity contribution in [2.24, 2.45) is 0 Å². The molecular formula is C20H21ClN4O3S. The van der Waals surface area contributed by atoms with Gasteiger partial charge in [-0.3, -0.25) is 4.90 Å². The average molecular weight is 433 g/mol. The van der Waals surface area contributed by atoms with E-state index in [9.17, 15) is 8.42 Å². The van der Waals surface area contributed by atoms with Crippen LogP contribution in [0.15, 0.2) is 57.9 Å². The number of aromatic nitrogens is 2. The fourth-order valence-corrected chi connectivity index (χ4v) is 5.25. The number of hydrogen-bond acceptors (Lipinski definition) is 6. The maximum absolute atomic E-state index is 12.8. The van der Waals surface area contributed by atoms with E-state index in [0.29, 0.717) is 44.4 Å². The van der Waals surface area contributed by atoms with E-state index in [1.54, 1.807) is 18.2 Å². The van der Waals surface area contributed by atoms with Crippen LogP contribution in [0.1, 0.15) is 11.5 Å². The minimum absolute atomic E-state index is 0.148. The lowest BCUT2D eigenvalue weighted by atomic mass is 10.1. The Labute approximate surface area is 174 Å². The fourth-order valence-electron chi connectivity index (χ4n) is 3.33. The highest BCUT2D eigenvalue weighted by atomic mass is 35.5. The Bertz CT molecular complexity index is 1110. The Morgan fingerprint density at radius 3 is 2.55 bits per heavy atom. The van der Waals surface area contributed by atoms with Crippen molar-refractivity contribution < 1.29 is 12.9 Å². The third-order valence-electron chi connectivity index (χ3n) is 4.89. The second-order valence-electron chi connectivity index (χ2n) is 6.99. The van der Waals surface area contributed by atoms with Crippen LogP contribution in [-0.4, -0.2) is 53.9 Å². The number of rotatable bonds is 5. The molecule has 0 aliphatic carbocycles. The summed E-state index contributed by atoms with van der Waals surface area (Å²) in [5.74, 6) is 1.08. The van der Waals surface area contributed by atoms with Crippen LogP contribution in [0.4, 0.5) is 0 Å². The summed E-state index contributed by atoms with van der Waals surface area (Å²) < 4.78 is 32.5. The molecule has 0 atom stereocenters. The van der Waals surface area contributed by atoms with Gasteiger partial charge in [0, 0.05) is 31.7 Å². The third-order valence-corrected chi connectivity index (χ3v) is 7.29. The van der Waals surface area contributed by atoms with Crippen molar-refractivity contribution in [2.45, 2.75) is 18.4 Å². The minimum Gasteiger partial charge on any atom is -0.338 e. The zero-order valence-electron chi connectivity index (χ0n) is 16.0. The van der Waals surface area contributed by atoms with Crippen molar-refractivity contribution >= 4 is 21.6 Å². The third kappa shape index (κ3) is 4.35. The van der Waals surface area contributed by atoms with E-state index in [4.69, 9.17) is 16.1 Å². The van der Waals surface area contributed by atoms with Crippen molar-refractivity contribution in [1.82, 2.24) is 19.3 Å². The van der Waals surface area contributed by atoms with Crippen molar-refractivity contribution in [3.63, 3.8) is 0 Å². The molecule has 9 heteroatoms. The number of hydrogen-bond donors (Lipinski definition) is 0. The van der Waals surface area contributed by atoms with Crippen LogP contribution in [-0.2, 0) is 16.6 Å². The average Bonchev–Trinajstić information content (AvgIpc) is 3.17. The van der Waals surface area contributed by atoms with Gasteiger partial charge < -0.3 is 4.52 Å². The largest absolute Gasteiger partial charge is 0.338 e. The predicted molar refractivity (Wildman–Crippen MR) is 110 cm³/mol. The zero-order chi connectivity index (χ0) is 20.4. The Hall–Kier alpha value is -2.26. The first-order valence-electron chi connectivity index (χ1n) is 9.30. The van der Waals surface area contributed by atoms with Gasteiger partial charge in [0.1, 0.15) is 4.90 Å². The highest BCUT2D eigenvalue weighted by Crippen LogP contribution is 2.25. The van der Waals surface area contributed by atoms with Gasteiger partial charge >= 0.3 is 0 Å². The summed E-state index contributed by atoms with van der Waals surface area (Å²) in [6.07, 6.45) is 0. The highest BCUT2D eigenvalue weighted by molar-refractivity contribution is 7.89. The minimum atomic E-state index is -3.60. The molecule has 0 spiro atoms. The molecule has 0 unspecified atom stereocenters. The normalized spacial score (nSPS) is 16.2. The van der Waals surface area contributed by atoms with Crippen LogP contribution < -0.4 is 0 Å². The zero-order valence-corrected chi connectivity index (χ0v) is 17.5. The molecule has 0 amide bonds. The lowest BCUT2D eigenvalue weighted by Crippen LogP contribution is -2.48. The summed E-state index contributed by atoms with van der Waals surface area (Å²) in [6.45, 7) is 4.41. The van der Waals surface area contributed by atoms with E-state index < -0.39 is 10.0 Å². The number of piperazine rings is 1. The van der Waals surface area contributed by atoms with Gasteiger partial charge in [-0.05, 0) is 25.1 Å². The lowest BCUT2D eigenvalue weighted by molar-refractivity contribution is 0.163. The van der Waals surface area contributed by atoms with E-state index in [1.165, 1.54) is 10.4 Å². The van der Waals surface area contributed by atoms with Gasteiger partial charge in [-0.25, -0.2) is 8.42 Å². The fraction of sp³-hybridized carbons (Fsp3) is 0.300. The Kier molecular flexibility index (Phi) is 5.69. The first kappa shape index (κ1) is 20.0. The van der Waals surface area contributed by atoms with Gasteiger partial charge in [0.15, 0.2) is 0 Å². The van der Waals surface area contributed by atoms with Gasteiger partial charge in [-0.15, -0.1) is 0 Å². The summed E-state index contributed by atoms with van der Waals surface area (Å²) >= 11 is 6.08. The quantitative estimate of drug-likeness (QED) is 0.616. The molecule has 1 fully saturated rings. The summed E-state index contributed by atoms with van der Waals surface area (Å²) in [5, 5.41) is 4.30. The van der Waals surface area contributed by atoms with Crippen molar-refractivity contribution in [1.29, 1.82) is 0 Å². The number of sulfonamides is 1. The number of benzene rings is 2. The molecule has 29 heavy (non-hydrogen) atoms. The van der Waals surface area contributed by atoms with Crippen LogP contribution in [0.25, 0.3) is 11.4 Å². The summed E-state index contributed by atoms with van der Waals surface area (Å²) in [4.78, 5) is 6.73. The SMILES string of the molecule is Cc1cccc(-c2noc(CN3CCN(S(=O)(=O)c4ccccc4Cl)CC3)n2)c1. The van der Waals surface area contributed by atoms with Crippen molar-refractivity contribution in [3.05, 3.63) is 65.0 Å². The first-order chi connectivity index (χ1) is 13.9. The van der Waals surface area contributed by atoms with Crippen LogP contribution in [0.5, 0.6) is 0 Å². The molecule has 2 heterocycles. The molecule has 1 aromatic heterocycles. The predicted octanol–water partition coefficient (Wildman–Crippen LogP) is 3.20. The molecule has 0 saturated carbocycles. The second-order valence-corrected chi connectivity index (χ2v) is 9.31. The van der Waals surface area contributed by atoms with Crippen LogP contribution >= 0.6 is 11.6 Å². The maximum Gasteiger partial charge on any atom is 0.244 e. The molecule has 1 aliphatic rings. The van der Waals surface area contributed by atoms with Gasteiger partial charge in [0.2, 0.25) is 21.7 Å². The first-order valence-corrected chi connectivity index (χ1v) is 11.1. The van der Waals surface area contributed by atoms with Gasteiger partial charge in [-0.1, -0.05) is 52.7 Å². The molecule has 152 valence electrons. The molecule has 0 radical (unpaired) electrons. The molecule has 7 nitrogen and oxygen atoms in total. The van der Waals surface area contributed by atoms with E-state index in [-0.39, 0.29) is 9.92 Å². The van der Waals surface area contributed by atoms with Crippen LogP contribution in [0.2, 0.25) is 5.02 Å². The standard InChI is InChI=1S/C20H21ClN4O3S/c1-15-5-4-6-16(13-15)20-22-19(28-23-20)14-24-9-11-25(12-10-24)29(26,27)18-8-3-2-7-17(18)21/h2-8,13H,9-12,14H2,1H3. The van der Waals surface area contributed by atoms with Crippen molar-refractivity contribution in [2.75, 3.05) is 26.2 Å². The van der Waals surface area contributed by atoms with Crippen LogP contribution in [0.3, 0.4) is 0 Å². The molecular weight excluding hydrogens is 412 g/mol. The Balaban J connectivity index is 1.39. The number of nitrogens with zero attached hydrogens (tertiary/aromatic N) is 4. The molecule has 3 aromatic rings. The molecule has 2 aromatic carbocycles. The van der Waals surface area contributed by atoms with E-state index in [1.807, 2.05) is 31.2 Å². The monoisotopic (exact) mass is 432 g/mol. The molecule has 1 aliphatic heterocycles. The number of halogens is 1. The highest BCUT2D eigenvalue weighted by Gasteiger charge is 2.30. The van der Waals surface area contributed by atoms with Gasteiger partial charge in [0.25, 0.3) is 0 Å². The molecule has 0 N–H and O–H groups in total. The van der Waals surface area contributed by atoms with E-state index >= 15 is 0 Å². The lowest BCUT2D eigenvalue weighted by Gasteiger charge is -2.33. The second kappa shape index (κ2) is 8.23. The molecule has 0 bridgehead atoms.